The first-order chi connectivity index (χ1) is 7.76. The average molecular weight is 297 g/mol. The molecule has 1 nitrogen and oxygen atoms in total. The van der Waals surface area contributed by atoms with Crippen molar-refractivity contribution in [3.05, 3.63) is 28.2 Å². The zero-order valence-electron chi connectivity index (χ0n) is 10.0. The molecule has 16 heavy (non-hydrogen) atoms. The topological polar surface area (TPSA) is 12.0 Å². The summed E-state index contributed by atoms with van der Waals surface area (Å²) in [6.07, 6.45) is 1.26. The Hall–Kier alpha value is -0.283. The molecule has 1 radical (unpaired) electrons. The predicted molar refractivity (Wildman–Crippen MR) is 76.8 cm³/mol. The van der Waals surface area contributed by atoms with E-state index in [1.165, 1.54) is 40.8 Å². The van der Waals surface area contributed by atoms with E-state index >= 15 is 0 Å². The highest BCUT2D eigenvalue weighted by Crippen LogP contribution is 2.35. The van der Waals surface area contributed by atoms with E-state index in [-0.39, 0.29) is 8.80 Å². The van der Waals surface area contributed by atoms with E-state index in [2.05, 4.69) is 53.3 Å². The largest absolute Gasteiger partial charge is 0.385 e. The van der Waals surface area contributed by atoms with Crippen molar-refractivity contribution in [3.63, 3.8) is 0 Å². The lowest BCUT2D eigenvalue weighted by Crippen LogP contribution is -2.30. The molecule has 1 aliphatic rings. The van der Waals surface area contributed by atoms with E-state index in [0.29, 0.717) is 0 Å². The molecule has 2 rings (SSSR count). The highest BCUT2D eigenvalue weighted by Gasteiger charge is 2.26. The van der Waals surface area contributed by atoms with E-state index in [1.807, 2.05) is 0 Å². The Kier molecular flexibility index (Phi) is 4.09. The maximum absolute atomic E-state index is 3.67. The van der Waals surface area contributed by atoms with Gasteiger partial charge in [0.1, 0.15) is 0 Å². The molecule has 0 spiro atoms. The van der Waals surface area contributed by atoms with Crippen molar-refractivity contribution in [3.8, 4) is 0 Å². The number of halogens is 1. The first-order valence-corrected chi connectivity index (χ1v) is 8.90. The van der Waals surface area contributed by atoms with Crippen LogP contribution >= 0.6 is 15.9 Å². The number of hydrogen-bond acceptors (Lipinski definition) is 1. The van der Waals surface area contributed by atoms with Gasteiger partial charge in [-0.05, 0) is 29.7 Å². The molecule has 0 saturated heterocycles. The maximum Gasteiger partial charge on any atom is 0.0530 e. The third kappa shape index (κ3) is 2.35. The quantitative estimate of drug-likeness (QED) is 0.819. The molecule has 0 unspecified atom stereocenters. The second-order valence-electron chi connectivity index (χ2n) is 4.41. The summed E-state index contributed by atoms with van der Waals surface area (Å²) in [5.74, 6) is 0. The molecule has 1 atom stereocenters. The van der Waals surface area contributed by atoms with Gasteiger partial charge in [-0.25, -0.2) is 0 Å². The minimum atomic E-state index is -0.165. The van der Waals surface area contributed by atoms with Crippen LogP contribution in [0.1, 0.15) is 19.4 Å². The standard InChI is InChI=1S/C13H19BrNSi/c1-3-16(4-2)10-8-11-12(14)6-5-7-13(11)15-9-10/h5-7,10,15H,3-4,8-9H2,1-2H3/t10-/m1/s1. The zero-order valence-corrected chi connectivity index (χ0v) is 12.6. The lowest BCUT2D eigenvalue weighted by atomic mass is 10.0. The average Bonchev–Trinajstić information content (AvgIpc) is 2.32. The van der Waals surface area contributed by atoms with Crippen molar-refractivity contribution in [2.45, 2.75) is 37.9 Å². The van der Waals surface area contributed by atoms with Crippen molar-refractivity contribution >= 4 is 30.4 Å². The number of anilines is 1. The molecule has 87 valence electrons. The summed E-state index contributed by atoms with van der Waals surface area (Å²) in [5.41, 5.74) is 3.72. The van der Waals surface area contributed by atoms with E-state index in [9.17, 15) is 0 Å². The Morgan fingerprint density at radius 3 is 2.81 bits per heavy atom. The molecule has 1 aromatic carbocycles. The highest BCUT2D eigenvalue weighted by molar-refractivity contribution is 9.10. The van der Waals surface area contributed by atoms with Crippen molar-refractivity contribution in [2.75, 3.05) is 11.9 Å². The Morgan fingerprint density at radius 2 is 2.12 bits per heavy atom. The first kappa shape index (κ1) is 12.2. The van der Waals surface area contributed by atoms with Gasteiger partial charge in [0.25, 0.3) is 0 Å². The van der Waals surface area contributed by atoms with Gasteiger partial charge in [0.2, 0.25) is 0 Å². The van der Waals surface area contributed by atoms with Gasteiger partial charge in [-0.15, -0.1) is 0 Å². The van der Waals surface area contributed by atoms with Gasteiger partial charge in [-0.2, -0.15) is 0 Å². The minimum absolute atomic E-state index is 0.165. The summed E-state index contributed by atoms with van der Waals surface area (Å²) < 4.78 is 1.27. The summed E-state index contributed by atoms with van der Waals surface area (Å²) >= 11 is 3.67. The van der Waals surface area contributed by atoms with Crippen LogP contribution in [0.3, 0.4) is 0 Å². The van der Waals surface area contributed by atoms with Crippen LogP contribution < -0.4 is 5.32 Å². The Labute approximate surface area is 108 Å². The summed E-state index contributed by atoms with van der Waals surface area (Å²) in [7, 11) is -0.165. The highest BCUT2D eigenvalue weighted by atomic mass is 79.9. The molecule has 1 heterocycles. The lowest BCUT2D eigenvalue weighted by Gasteiger charge is -2.31. The summed E-state index contributed by atoms with van der Waals surface area (Å²) in [6.45, 7) is 5.89. The molecule has 1 aromatic rings. The fourth-order valence-corrected chi connectivity index (χ4v) is 5.67. The van der Waals surface area contributed by atoms with Crippen LogP contribution in [0.15, 0.2) is 22.7 Å². The minimum Gasteiger partial charge on any atom is -0.385 e. The van der Waals surface area contributed by atoms with E-state index in [0.717, 1.165) is 5.54 Å². The van der Waals surface area contributed by atoms with Crippen molar-refractivity contribution in [1.29, 1.82) is 0 Å². The number of benzene rings is 1. The van der Waals surface area contributed by atoms with Crippen molar-refractivity contribution in [1.82, 2.24) is 0 Å². The molecule has 0 saturated carbocycles. The summed E-state index contributed by atoms with van der Waals surface area (Å²) in [5, 5.41) is 3.60. The van der Waals surface area contributed by atoms with Crippen LogP contribution in [0.5, 0.6) is 0 Å². The second kappa shape index (κ2) is 5.37. The van der Waals surface area contributed by atoms with Crippen LogP contribution in [0, 0.1) is 0 Å². The van der Waals surface area contributed by atoms with Gasteiger partial charge in [-0.1, -0.05) is 47.9 Å². The van der Waals surface area contributed by atoms with Gasteiger partial charge in [0.05, 0.1) is 8.80 Å². The number of fused-ring (bicyclic) bond motifs is 1. The van der Waals surface area contributed by atoms with Crippen LogP contribution in [-0.2, 0) is 6.42 Å². The molecular formula is C13H19BrNSi. The van der Waals surface area contributed by atoms with Gasteiger partial charge >= 0.3 is 0 Å². The van der Waals surface area contributed by atoms with Crippen molar-refractivity contribution in [2.24, 2.45) is 0 Å². The fourth-order valence-electron chi connectivity index (χ4n) is 2.60. The zero-order chi connectivity index (χ0) is 11.5. The third-order valence-corrected chi connectivity index (χ3v) is 7.72. The lowest BCUT2D eigenvalue weighted by molar-refractivity contribution is 0.793. The van der Waals surface area contributed by atoms with E-state index in [4.69, 9.17) is 0 Å². The summed E-state index contributed by atoms with van der Waals surface area (Å²) in [6, 6.07) is 9.26. The molecule has 3 heteroatoms. The van der Waals surface area contributed by atoms with Crippen molar-refractivity contribution < 1.29 is 0 Å². The van der Waals surface area contributed by atoms with Gasteiger partial charge in [0, 0.05) is 16.7 Å². The number of nitrogens with one attached hydrogen (secondary N) is 1. The number of hydrogen-bond donors (Lipinski definition) is 1. The van der Waals surface area contributed by atoms with Crippen LogP contribution in [0.2, 0.25) is 17.6 Å². The Bertz CT molecular complexity index is 363. The van der Waals surface area contributed by atoms with Crippen LogP contribution in [-0.4, -0.2) is 15.3 Å². The molecule has 0 aliphatic carbocycles. The molecule has 0 amide bonds. The Balaban J connectivity index is 2.19. The Morgan fingerprint density at radius 1 is 1.38 bits per heavy atom. The van der Waals surface area contributed by atoms with E-state index < -0.39 is 0 Å². The molecule has 1 N–H and O–H groups in total. The smallest absolute Gasteiger partial charge is 0.0530 e. The molecule has 1 aliphatic heterocycles. The predicted octanol–water partition coefficient (Wildman–Crippen LogP) is 4.32. The fraction of sp³-hybridized carbons (Fsp3) is 0.538. The second-order valence-corrected chi connectivity index (χ2v) is 8.81. The summed E-state index contributed by atoms with van der Waals surface area (Å²) in [4.78, 5) is 0. The molecule has 0 fully saturated rings. The van der Waals surface area contributed by atoms with Crippen LogP contribution in [0.4, 0.5) is 5.69 Å². The number of rotatable bonds is 3. The molecule has 0 bridgehead atoms. The normalized spacial score (nSPS) is 19.4. The first-order valence-electron chi connectivity index (χ1n) is 6.12. The van der Waals surface area contributed by atoms with Gasteiger partial charge < -0.3 is 5.32 Å². The SMILES string of the molecule is CC[Si](CC)[C@H]1CNc2cccc(Br)c2C1. The van der Waals surface area contributed by atoms with Gasteiger partial charge in [-0.3, -0.25) is 0 Å². The maximum atomic E-state index is 3.67. The van der Waals surface area contributed by atoms with E-state index in [1.54, 1.807) is 0 Å². The van der Waals surface area contributed by atoms with Crippen LogP contribution in [0.25, 0.3) is 0 Å². The third-order valence-electron chi connectivity index (χ3n) is 3.59. The monoisotopic (exact) mass is 296 g/mol. The molecular weight excluding hydrogens is 278 g/mol. The van der Waals surface area contributed by atoms with Gasteiger partial charge in [0.15, 0.2) is 0 Å². The molecule has 0 aromatic heterocycles.